The van der Waals surface area contributed by atoms with E-state index in [1.54, 1.807) is 6.92 Å². The van der Waals surface area contributed by atoms with Gasteiger partial charge in [-0.05, 0) is 6.92 Å². The summed E-state index contributed by atoms with van der Waals surface area (Å²) in [6, 6.07) is 0. The van der Waals surface area contributed by atoms with Crippen molar-refractivity contribution in [2.24, 2.45) is 0 Å². The van der Waals surface area contributed by atoms with Crippen LogP contribution < -0.4 is 0 Å². The maximum Gasteiger partial charge on any atom is 0.413 e. The molecule has 0 saturated carbocycles. The Morgan fingerprint density at radius 1 is 1.89 bits per heavy atom. The molecule has 4 nitrogen and oxygen atoms in total. The third-order valence-corrected chi connectivity index (χ3v) is 0.450. The Balaban J connectivity index is 0. The van der Waals surface area contributed by atoms with Crippen molar-refractivity contribution in [2.45, 2.75) is 6.92 Å². The number of nitrogens with zero attached hydrogens (tertiary/aromatic N) is 2. The van der Waals surface area contributed by atoms with E-state index in [1.807, 2.05) is 0 Å². The van der Waals surface area contributed by atoms with Crippen molar-refractivity contribution >= 4 is 12.2 Å². The second-order valence-electron chi connectivity index (χ2n) is 0.997. The van der Waals surface area contributed by atoms with Gasteiger partial charge >= 0.3 is 12.2 Å². The standard InChI is InChI=1S/C4H6N2O2.Ar/c1-2-8-4(7)3-6-5;/h3H,2H2,1H3;. The molecule has 0 aliphatic heterocycles. The fourth-order valence-electron chi connectivity index (χ4n) is 0.227. The van der Waals surface area contributed by atoms with Gasteiger partial charge in [0, 0.05) is 37.7 Å². The summed E-state index contributed by atoms with van der Waals surface area (Å²) in [5.74, 6) is -0.630. The molecule has 0 aromatic rings. The van der Waals surface area contributed by atoms with Crippen LogP contribution in [-0.2, 0) is 9.53 Å². The van der Waals surface area contributed by atoms with Crippen LogP contribution in [0.4, 0.5) is 0 Å². The van der Waals surface area contributed by atoms with Gasteiger partial charge in [0.05, 0.1) is 6.61 Å². The average Bonchev–Trinajstić information content (AvgIpc) is 1.68. The summed E-state index contributed by atoms with van der Waals surface area (Å²) < 4.78 is 4.33. The van der Waals surface area contributed by atoms with Crippen LogP contribution in [0.3, 0.4) is 0 Å². The Morgan fingerprint density at radius 2 is 2.44 bits per heavy atom. The first-order valence-corrected chi connectivity index (χ1v) is 2.15. The first kappa shape index (κ1) is 11.9. The van der Waals surface area contributed by atoms with Crippen molar-refractivity contribution in [3.63, 3.8) is 0 Å². The molecular weight excluding hydrogens is 148 g/mol. The van der Waals surface area contributed by atoms with Crippen molar-refractivity contribution in [1.82, 2.24) is 0 Å². The Bertz CT molecular complexity index is 131. The third kappa shape index (κ3) is 8.11. The monoisotopic (exact) mass is 154 g/mol. The molecule has 0 N–H and O–H groups in total. The van der Waals surface area contributed by atoms with E-state index >= 15 is 0 Å². The van der Waals surface area contributed by atoms with E-state index in [4.69, 9.17) is 5.53 Å². The second kappa shape index (κ2) is 8.11. The number of esters is 1. The van der Waals surface area contributed by atoms with E-state index in [9.17, 15) is 4.79 Å². The zero-order chi connectivity index (χ0) is 6.41. The predicted octanol–water partition coefficient (Wildman–Crippen LogP) is -0.150. The first-order valence-electron chi connectivity index (χ1n) is 2.15. The van der Waals surface area contributed by atoms with Crippen LogP contribution in [0.2, 0.25) is 0 Å². The minimum Gasteiger partial charge on any atom is -0.458 e. The molecule has 0 aromatic carbocycles. The smallest absolute Gasteiger partial charge is 0.413 e. The van der Waals surface area contributed by atoms with Crippen molar-refractivity contribution in [1.29, 1.82) is 0 Å². The molecule has 9 heavy (non-hydrogen) atoms. The van der Waals surface area contributed by atoms with Gasteiger partial charge in [-0.3, -0.25) is 0 Å². The van der Waals surface area contributed by atoms with Crippen LogP contribution in [0.25, 0.3) is 5.53 Å². The number of hydrogen-bond donors (Lipinski definition) is 0. The zero-order valence-corrected chi connectivity index (χ0v) is 5.56. The summed E-state index contributed by atoms with van der Waals surface area (Å²) in [4.78, 5) is 12.6. The van der Waals surface area contributed by atoms with Crippen LogP contribution in [0.1, 0.15) is 6.92 Å². The molecule has 52 valence electrons. The topological polar surface area (TPSA) is 62.7 Å². The van der Waals surface area contributed by atoms with E-state index in [0.29, 0.717) is 12.8 Å². The zero-order valence-electron chi connectivity index (χ0n) is 4.85. The normalized spacial score (nSPS) is 6.33. The summed E-state index contributed by atoms with van der Waals surface area (Å²) >= 11 is 0. The second-order valence-corrected chi connectivity index (χ2v) is 0.997. The van der Waals surface area contributed by atoms with Crippen LogP contribution in [0, 0.1) is 37.7 Å². The Hall–Kier alpha value is 0.110. The maximum atomic E-state index is 10.1. The van der Waals surface area contributed by atoms with E-state index < -0.39 is 5.97 Å². The van der Waals surface area contributed by atoms with Crippen LogP contribution in [-0.4, -0.2) is 23.6 Å². The summed E-state index contributed by atoms with van der Waals surface area (Å²) in [5, 5.41) is 0. The Kier molecular flexibility index (Phi) is 10.7. The Morgan fingerprint density at radius 3 is 2.78 bits per heavy atom. The number of rotatable bonds is 2. The van der Waals surface area contributed by atoms with E-state index in [0.717, 1.165) is 0 Å². The molecule has 0 unspecified atom stereocenters. The van der Waals surface area contributed by atoms with Crippen molar-refractivity contribution < 1.29 is 52.1 Å². The molecule has 0 fully saturated rings. The number of ether oxygens (including phenoxy) is 1. The summed E-state index contributed by atoms with van der Waals surface area (Å²) in [6.45, 7) is 1.97. The molecule has 0 radical (unpaired) electrons. The minimum atomic E-state index is -0.630. The fourth-order valence-corrected chi connectivity index (χ4v) is 0.227. The summed E-state index contributed by atoms with van der Waals surface area (Å²) in [7, 11) is 0. The number of carbonyl (C=O) groups excluding carboxylic acids is 1. The quantitative estimate of drug-likeness (QED) is 0.240. The molecule has 0 rings (SSSR count). The van der Waals surface area contributed by atoms with Crippen molar-refractivity contribution in [3.8, 4) is 0 Å². The van der Waals surface area contributed by atoms with Gasteiger partial charge in [-0.15, -0.1) is 0 Å². The molecule has 0 atom stereocenters. The van der Waals surface area contributed by atoms with Gasteiger partial charge in [0.1, 0.15) is 0 Å². The first-order chi connectivity index (χ1) is 3.81. The molecule has 0 amide bonds. The van der Waals surface area contributed by atoms with Gasteiger partial charge in [-0.2, -0.15) is 4.79 Å². The van der Waals surface area contributed by atoms with Crippen molar-refractivity contribution in [2.75, 3.05) is 6.61 Å². The van der Waals surface area contributed by atoms with Gasteiger partial charge in [-0.1, -0.05) is 0 Å². The predicted molar refractivity (Wildman–Crippen MR) is 26.3 cm³/mol. The average molecular weight is 154 g/mol. The fraction of sp³-hybridized carbons (Fsp3) is 0.500. The van der Waals surface area contributed by atoms with Crippen LogP contribution in [0.5, 0.6) is 0 Å². The summed E-state index contributed by atoms with van der Waals surface area (Å²) in [5.41, 5.74) is 7.73. The minimum absolute atomic E-state index is 0. The summed E-state index contributed by atoms with van der Waals surface area (Å²) in [6.07, 6.45) is 0.698. The van der Waals surface area contributed by atoms with Crippen LogP contribution >= 0.6 is 0 Å². The number of carbonyl (C=O) groups is 1. The molecule has 0 aliphatic rings. The molecule has 5 heteroatoms. The van der Waals surface area contributed by atoms with E-state index in [2.05, 4.69) is 9.53 Å². The Labute approximate surface area is 82.8 Å². The van der Waals surface area contributed by atoms with Crippen molar-refractivity contribution in [3.05, 3.63) is 5.53 Å². The molecule has 0 heterocycles. The molecule has 0 bridgehead atoms. The molecule has 0 aliphatic carbocycles. The van der Waals surface area contributed by atoms with E-state index in [-0.39, 0.29) is 37.7 Å². The SMILES string of the molecule is CCOC(=O)C=[N+]=[N-].[Ar]. The third-order valence-electron chi connectivity index (χ3n) is 0.450. The molecule has 0 saturated heterocycles. The molecule has 0 aromatic heterocycles. The van der Waals surface area contributed by atoms with E-state index in [1.165, 1.54) is 0 Å². The largest absolute Gasteiger partial charge is 0.458 e. The van der Waals surface area contributed by atoms with Gasteiger partial charge in [0.25, 0.3) is 0 Å². The maximum absolute atomic E-state index is 10.1. The van der Waals surface area contributed by atoms with Crippen LogP contribution in [0.15, 0.2) is 0 Å². The number of hydrogen-bond acceptors (Lipinski definition) is 2. The van der Waals surface area contributed by atoms with Gasteiger partial charge < -0.3 is 10.3 Å². The van der Waals surface area contributed by atoms with Gasteiger partial charge in [-0.25, -0.2) is 4.79 Å². The van der Waals surface area contributed by atoms with Gasteiger partial charge in [0.2, 0.25) is 0 Å². The molecule has 0 spiro atoms. The van der Waals surface area contributed by atoms with Gasteiger partial charge in [0.15, 0.2) is 0 Å². The molecular formula is C4H6ArN2O2.